The van der Waals surface area contributed by atoms with Crippen LogP contribution < -0.4 is 5.32 Å². The number of carbonyl (C=O) groups excluding carboxylic acids is 2. The molecule has 0 spiro atoms. The molecule has 0 radical (unpaired) electrons. The molecule has 1 aromatic carbocycles. The summed E-state index contributed by atoms with van der Waals surface area (Å²) in [4.78, 5) is 25.0. The van der Waals surface area contributed by atoms with Gasteiger partial charge in [0.25, 0.3) is 0 Å². The van der Waals surface area contributed by atoms with Crippen LogP contribution in [0.1, 0.15) is 26.7 Å². The van der Waals surface area contributed by atoms with E-state index >= 15 is 0 Å². The number of nitrogens with zero attached hydrogens (tertiary/aromatic N) is 2. The summed E-state index contributed by atoms with van der Waals surface area (Å²) in [5, 5.41) is 2.57. The molecule has 0 unspecified atom stereocenters. The topological polar surface area (TPSA) is 86.8 Å². The van der Waals surface area contributed by atoms with Crippen LogP contribution in [0.15, 0.2) is 23.1 Å². The summed E-state index contributed by atoms with van der Waals surface area (Å²) in [7, 11) is -3.97. The summed E-state index contributed by atoms with van der Waals surface area (Å²) >= 11 is 0. The largest absolute Gasteiger partial charge is 0.347 e. The molecular weight excluding hydrogens is 392 g/mol. The number of rotatable bonds is 7. The second-order valence-corrected chi connectivity index (χ2v) is 9.01. The molecule has 28 heavy (non-hydrogen) atoms. The monoisotopic (exact) mass is 417 g/mol. The molecule has 156 valence electrons. The van der Waals surface area contributed by atoms with Gasteiger partial charge < -0.3 is 10.2 Å². The van der Waals surface area contributed by atoms with Crippen LogP contribution in [-0.4, -0.2) is 62.2 Å². The van der Waals surface area contributed by atoms with Gasteiger partial charge >= 0.3 is 0 Å². The third kappa shape index (κ3) is 5.71. The average molecular weight is 417 g/mol. The number of hydrogen-bond acceptors (Lipinski definition) is 4. The minimum absolute atomic E-state index is 0.0361. The van der Waals surface area contributed by atoms with Gasteiger partial charge in [-0.05, 0) is 30.5 Å². The fourth-order valence-electron chi connectivity index (χ4n) is 2.76. The van der Waals surface area contributed by atoms with Crippen molar-refractivity contribution in [1.82, 2.24) is 14.5 Å². The van der Waals surface area contributed by atoms with Gasteiger partial charge in [0.1, 0.15) is 0 Å². The molecule has 1 aliphatic rings. The van der Waals surface area contributed by atoms with Crippen molar-refractivity contribution in [2.45, 2.75) is 31.6 Å². The quantitative estimate of drug-likeness (QED) is 0.726. The predicted octanol–water partition coefficient (Wildman–Crippen LogP) is 1.35. The molecule has 2 rings (SSSR count). The zero-order chi connectivity index (χ0) is 20.9. The molecule has 0 saturated carbocycles. The third-order valence-electron chi connectivity index (χ3n) is 4.51. The maximum absolute atomic E-state index is 13.3. The minimum atomic E-state index is -3.97. The fraction of sp³-hybridized carbons (Fsp3) is 0.556. The predicted molar refractivity (Wildman–Crippen MR) is 98.8 cm³/mol. The Morgan fingerprint density at radius 3 is 2.32 bits per heavy atom. The maximum atomic E-state index is 13.3. The van der Waals surface area contributed by atoms with Gasteiger partial charge in [0.05, 0.1) is 11.4 Å². The summed E-state index contributed by atoms with van der Waals surface area (Å²) in [5.41, 5.74) is 0. The molecule has 1 fully saturated rings. The number of benzene rings is 1. The van der Waals surface area contributed by atoms with E-state index in [1.54, 1.807) is 0 Å². The highest BCUT2D eigenvalue weighted by atomic mass is 32.2. The summed E-state index contributed by atoms with van der Waals surface area (Å²) in [6.07, 6.45) is 1.09. The van der Waals surface area contributed by atoms with Gasteiger partial charge in [-0.2, -0.15) is 4.31 Å². The number of amides is 2. The highest BCUT2D eigenvalue weighted by Gasteiger charge is 2.30. The standard InChI is InChI=1S/C18H25F2N3O4S/c1-13(2)3-6-17(24)21-12-18(25)22-7-9-23(10-8-22)28(26,27)14-4-5-15(19)16(20)11-14/h4-5,11,13H,3,6-10,12H2,1-2H3,(H,21,24). The summed E-state index contributed by atoms with van der Waals surface area (Å²) in [6, 6.07) is 2.43. The Balaban J connectivity index is 1.87. The van der Waals surface area contributed by atoms with E-state index in [1.165, 1.54) is 4.90 Å². The minimum Gasteiger partial charge on any atom is -0.347 e. The number of halogens is 2. The lowest BCUT2D eigenvalue weighted by Crippen LogP contribution is -2.52. The van der Waals surface area contributed by atoms with Crippen molar-refractivity contribution in [3.63, 3.8) is 0 Å². The van der Waals surface area contributed by atoms with Crippen LogP contribution in [0.2, 0.25) is 0 Å². The molecule has 0 aromatic heterocycles. The first kappa shape index (κ1) is 22.2. The van der Waals surface area contributed by atoms with E-state index in [4.69, 9.17) is 0 Å². The van der Waals surface area contributed by atoms with Crippen molar-refractivity contribution in [2.75, 3.05) is 32.7 Å². The van der Waals surface area contributed by atoms with E-state index in [0.717, 1.165) is 22.9 Å². The SMILES string of the molecule is CC(C)CCC(=O)NCC(=O)N1CCN(S(=O)(=O)c2ccc(F)c(F)c2)CC1. The molecule has 2 amide bonds. The van der Waals surface area contributed by atoms with E-state index in [9.17, 15) is 26.8 Å². The van der Waals surface area contributed by atoms with Gasteiger partial charge in [0, 0.05) is 32.6 Å². The van der Waals surface area contributed by atoms with Crippen molar-refractivity contribution in [2.24, 2.45) is 5.92 Å². The number of piperazine rings is 1. The Kier molecular flexibility index (Phi) is 7.48. The van der Waals surface area contributed by atoms with E-state index in [-0.39, 0.29) is 49.4 Å². The number of nitrogens with one attached hydrogen (secondary N) is 1. The first-order chi connectivity index (χ1) is 13.1. The highest BCUT2D eigenvalue weighted by molar-refractivity contribution is 7.89. The molecule has 1 saturated heterocycles. The molecule has 0 bridgehead atoms. The lowest BCUT2D eigenvalue weighted by Gasteiger charge is -2.34. The van der Waals surface area contributed by atoms with Gasteiger partial charge in [-0.3, -0.25) is 9.59 Å². The Labute approximate surface area is 163 Å². The Morgan fingerprint density at radius 2 is 1.75 bits per heavy atom. The van der Waals surface area contributed by atoms with Gasteiger partial charge in [0.2, 0.25) is 21.8 Å². The smallest absolute Gasteiger partial charge is 0.243 e. The lowest BCUT2D eigenvalue weighted by molar-refractivity contribution is -0.133. The van der Waals surface area contributed by atoms with Crippen LogP contribution in [0.5, 0.6) is 0 Å². The zero-order valence-corrected chi connectivity index (χ0v) is 16.8. The molecular formula is C18H25F2N3O4S. The molecule has 0 atom stereocenters. The van der Waals surface area contributed by atoms with E-state index in [2.05, 4.69) is 5.32 Å². The number of hydrogen-bond donors (Lipinski definition) is 1. The second-order valence-electron chi connectivity index (χ2n) is 7.07. The second kappa shape index (κ2) is 9.42. The molecule has 1 aromatic rings. The van der Waals surface area contributed by atoms with E-state index in [1.807, 2.05) is 13.8 Å². The van der Waals surface area contributed by atoms with Crippen LogP contribution in [0.3, 0.4) is 0 Å². The Morgan fingerprint density at radius 1 is 1.11 bits per heavy atom. The summed E-state index contributed by atoms with van der Waals surface area (Å²) < 4.78 is 52.6. The van der Waals surface area contributed by atoms with Gasteiger partial charge in [-0.25, -0.2) is 17.2 Å². The Hall–Kier alpha value is -2.07. The Bertz CT molecular complexity index is 822. The van der Waals surface area contributed by atoms with E-state index in [0.29, 0.717) is 18.4 Å². The third-order valence-corrected chi connectivity index (χ3v) is 6.40. The van der Waals surface area contributed by atoms with Crippen molar-refractivity contribution < 1.29 is 26.8 Å². The first-order valence-corrected chi connectivity index (χ1v) is 10.5. The lowest BCUT2D eigenvalue weighted by atomic mass is 10.1. The van der Waals surface area contributed by atoms with Crippen LogP contribution in [0.4, 0.5) is 8.78 Å². The van der Waals surface area contributed by atoms with Crippen molar-refractivity contribution in [3.8, 4) is 0 Å². The van der Waals surface area contributed by atoms with Gasteiger partial charge in [-0.15, -0.1) is 0 Å². The molecule has 7 nitrogen and oxygen atoms in total. The molecule has 10 heteroatoms. The maximum Gasteiger partial charge on any atom is 0.243 e. The van der Waals surface area contributed by atoms with Crippen molar-refractivity contribution >= 4 is 21.8 Å². The highest BCUT2D eigenvalue weighted by Crippen LogP contribution is 2.20. The molecule has 1 aliphatic heterocycles. The van der Waals surface area contributed by atoms with Crippen LogP contribution in [0, 0.1) is 17.6 Å². The first-order valence-electron chi connectivity index (χ1n) is 9.11. The zero-order valence-electron chi connectivity index (χ0n) is 16.0. The average Bonchev–Trinajstić information content (AvgIpc) is 2.66. The van der Waals surface area contributed by atoms with Gasteiger partial charge in [0.15, 0.2) is 11.6 Å². The molecule has 1 N–H and O–H groups in total. The molecule has 1 heterocycles. The number of sulfonamides is 1. The summed E-state index contributed by atoms with van der Waals surface area (Å²) in [6.45, 7) is 4.27. The van der Waals surface area contributed by atoms with E-state index < -0.39 is 21.7 Å². The van der Waals surface area contributed by atoms with Crippen molar-refractivity contribution in [1.29, 1.82) is 0 Å². The van der Waals surface area contributed by atoms with Crippen molar-refractivity contribution in [3.05, 3.63) is 29.8 Å². The van der Waals surface area contributed by atoms with Crippen LogP contribution >= 0.6 is 0 Å². The van der Waals surface area contributed by atoms with Crippen LogP contribution in [-0.2, 0) is 19.6 Å². The fourth-order valence-corrected chi connectivity index (χ4v) is 4.19. The van der Waals surface area contributed by atoms with Crippen LogP contribution in [0.25, 0.3) is 0 Å². The molecule has 0 aliphatic carbocycles. The number of carbonyl (C=O) groups is 2. The normalized spacial score (nSPS) is 15.7. The van der Waals surface area contributed by atoms with Gasteiger partial charge in [-0.1, -0.05) is 13.8 Å². The summed E-state index contributed by atoms with van der Waals surface area (Å²) in [5.74, 6) is -2.44.